The Morgan fingerprint density at radius 1 is 1.18 bits per heavy atom. The summed E-state index contributed by atoms with van der Waals surface area (Å²) < 4.78 is 22.2. The summed E-state index contributed by atoms with van der Waals surface area (Å²) in [7, 11) is 0. The van der Waals surface area contributed by atoms with E-state index in [9.17, 15) is 9.18 Å². The maximum Gasteiger partial charge on any atom is 0.154 e. The summed E-state index contributed by atoms with van der Waals surface area (Å²) in [5.41, 5.74) is 0.497. The van der Waals surface area contributed by atoms with Crippen LogP contribution >= 0.6 is 0 Å². The normalized spacial score (nSPS) is 9.71. The van der Waals surface area contributed by atoms with E-state index in [1.54, 1.807) is 0 Å². The van der Waals surface area contributed by atoms with Gasteiger partial charge in [0.25, 0.3) is 0 Å². The predicted molar refractivity (Wildman–Crippen MR) is 64.5 cm³/mol. The number of halogens is 1. The quantitative estimate of drug-likeness (QED) is 0.588. The Kier molecular flexibility index (Phi) is 9.19. The Labute approximate surface area is 102 Å². The second-order valence-corrected chi connectivity index (χ2v) is 3.15. The van der Waals surface area contributed by atoms with Gasteiger partial charge in [-0.15, -0.1) is 0 Å². The molecule has 0 aliphatic rings. The van der Waals surface area contributed by atoms with E-state index in [0.717, 1.165) is 13.2 Å². The summed E-state index contributed by atoms with van der Waals surface area (Å²) in [4.78, 5) is 10.00. The van der Waals surface area contributed by atoms with Gasteiger partial charge in [-0.3, -0.25) is 4.79 Å². The largest absolute Gasteiger partial charge is 0.353 e. The first-order valence-corrected chi connectivity index (χ1v) is 5.58. The molecule has 1 rings (SSSR count). The fourth-order valence-electron chi connectivity index (χ4n) is 1.06. The highest BCUT2D eigenvalue weighted by molar-refractivity contribution is 5.74. The van der Waals surface area contributed by atoms with Crippen LogP contribution in [0.4, 0.5) is 4.39 Å². The van der Waals surface area contributed by atoms with Crippen molar-refractivity contribution in [2.45, 2.75) is 27.1 Å². The smallest absolute Gasteiger partial charge is 0.154 e. The van der Waals surface area contributed by atoms with Crippen molar-refractivity contribution < 1.29 is 18.7 Å². The molecule has 0 fully saturated rings. The lowest BCUT2D eigenvalue weighted by molar-refractivity contribution is -0.123. The second kappa shape index (κ2) is 9.93. The van der Waals surface area contributed by atoms with Gasteiger partial charge in [0.2, 0.25) is 0 Å². The van der Waals surface area contributed by atoms with Gasteiger partial charge in [0.05, 0.1) is 0 Å². The highest BCUT2D eigenvalue weighted by Crippen LogP contribution is 1.98. The third kappa shape index (κ3) is 8.54. The second-order valence-electron chi connectivity index (χ2n) is 3.15. The van der Waals surface area contributed by atoms with E-state index in [0.29, 0.717) is 11.8 Å². The molecule has 3 nitrogen and oxygen atoms in total. The zero-order valence-corrected chi connectivity index (χ0v) is 10.5. The zero-order valence-electron chi connectivity index (χ0n) is 10.5. The monoisotopic (exact) mass is 242 g/mol. The minimum absolute atomic E-state index is 0.0370. The van der Waals surface area contributed by atoms with Crippen LogP contribution in [0.2, 0.25) is 0 Å². The van der Waals surface area contributed by atoms with E-state index in [1.807, 2.05) is 20.8 Å². The molecule has 0 saturated carbocycles. The Morgan fingerprint density at radius 3 is 2.00 bits per heavy atom. The fraction of sp³-hybridized carbons (Fsp3) is 0.462. The molecule has 0 aliphatic carbocycles. The topological polar surface area (TPSA) is 35.5 Å². The van der Waals surface area contributed by atoms with Gasteiger partial charge < -0.3 is 9.47 Å². The molecule has 0 spiro atoms. The Hall–Kier alpha value is -1.26. The van der Waals surface area contributed by atoms with Crippen molar-refractivity contribution in [3.63, 3.8) is 0 Å². The number of carbonyl (C=O) groups is 1. The zero-order chi connectivity index (χ0) is 13.1. The predicted octanol–water partition coefficient (Wildman–Crippen LogP) is 3.04. The van der Waals surface area contributed by atoms with Gasteiger partial charge in [0.1, 0.15) is 12.1 Å². The van der Waals surface area contributed by atoms with Crippen molar-refractivity contribution in [1.29, 1.82) is 0 Å². The number of carbonyl (C=O) groups excluding carboxylic acids is 1. The first kappa shape index (κ1) is 15.7. The molecule has 0 aliphatic heterocycles. The maximum absolute atomic E-state index is 12.1. The molecular formula is C13H19FO3. The van der Waals surface area contributed by atoms with Crippen molar-refractivity contribution in [1.82, 2.24) is 0 Å². The molecule has 0 amide bonds. The summed E-state index contributed by atoms with van der Waals surface area (Å²) in [5, 5.41) is 0. The van der Waals surface area contributed by atoms with E-state index in [-0.39, 0.29) is 12.1 Å². The Balaban J connectivity index is 0.000000304. The van der Waals surface area contributed by atoms with Gasteiger partial charge in [-0.05, 0) is 45.0 Å². The van der Waals surface area contributed by atoms with Crippen LogP contribution in [0, 0.1) is 5.82 Å². The third-order valence-electron chi connectivity index (χ3n) is 1.81. The van der Waals surface area contributed by atoms with Crippen molar-refractivity contribution in [3.8, 4) is 0 Å². The maximum atomic E-state index is 12.1. The molecule has 0 bridgehead atoms. The van der Waals surface area contributed by atoms with Gasteiger partial charge >= 0.3 is 0 Å². The molecule has 1 aromatic rings. The Bertz CT molecular complexity index is 292. The van der Waals surface area contributed by atoms with Crippen LogP contribution < -0.4 is 0 Å². The molecule has 0 radical (unpaired) electrons. The van der Waals surface area contributed by atoms with E-state index in [2.05, 4.69) is 0 Å². The molecule has 0 saturated heterocycles. The highest BCUT2D eigenvalue weighted by Gasteiger charge is 1.94. The number of benzene rings is 1. The van der Waals surface area contributed by atoms with Crippen LogP contribution in [0.3, 0.4) is 0 Å². The molecule has 1 aromatic carbocycles. The van der Waals surface area contributed by atoms with Gasteiger partial charge in [0, 0.05) is 18.8 Å². The molecule has 0 unspecified atom stereocenters. The van der Waals surface area contributed by atoms with E-state index in [1.165, 1.54) is 24.3 Å². The van der Waals surface area contributed by atoms with Crippen LogP contribution in [0.15, 0.2) is 24.3 Å². The van der Waals surface area contributed by atoms with E-state index >= 15 is 0 Å². The van der Waals surface area contributed by atoms with Gasteiger partial charge in [-0.1, -0.05) is 0 Å². The van der Waals surface area contributed by atoms with Gasteiger partial charge in [-0.2, -0.15) is 0 Å². The van der Waals surface area contributed by atoms with Gasteiger partial charge in [-0.25, -0.2) is 4.39 Å². The van der Waals surface area contributed by atoms with E-state index < -0.39 is 0 Å². The van der Waals surface area contributed by atoms with Crippen molar-refractivity contribution >= 4 is 6.29 Å². The molecule has 0 N–H and O–H groups in total. The molecule has 0 aromatic heterocycles. The lowest BCUT2D eigenvalue weighted by Gasteiger charge is -2.09. The van der Waals surface area contributed by atoms with Crippen LogP contribution in [0.5, 0.6) is 0 Å². The molecule has 17 heavy (non-hydrogen) atoms. The number of hydrogen-bond acceptors (Lipinski definition) is 3. The first-order valence-electron chi connectivity index (χ1n) is 5.58. The van der Waals surface area contributed by atoms with Crippen LogP contribution in [0.1, 0.15) is 31.1 Å². The number of hydrogen-bond donors (Lipinski definition) is 0. The Morgan fingerprint density at radius 2 is 1.65 bits per heavy atom. The number of rotatable bonds is 5. The van der Waals surface area contributed by atoms with Crippen molar-refractivity contribution in [2.24, 2.45) is 0 Å². The van der Waals surface area contributed by atoms with Gasteiger partial charge in [0.15, 0.2) is 6.29 Å². The molecule has 0 atom stereocenters. The average molecular weight is 242 g/mol. The summed E-state index contributed by atoms with van der Waals surface area (Å²) >= 11 is 0. The summed E-state index contributed by atoms with van der Waals surface area (Å²) in [5.74, 6) is -0.319. The molecule has 4 heteroatoms. The minimum atomic E-state index is -0.319. The fourth-order valence-corrected chi connectivity index (χ4v) is 1.06. The lowest BCUT2D eigenvalue weighted by atomic mass is 10.2. The molecule has 0 heterocycles. The average Bonchev–Trinajstić information content (AvgIpc) is 2.32. The molecule has 96 valence electrons. The van der Waals surface area contributed by atoms with Crippen LogP contribution in [0.25, 0.3) is 0 Å². The summed E-state index contributed by atoms with van der Waals surface area (Å²) in [6.07, 6.45) is 0.643. The number of aldehydes is 1. The first-order chi connectivity index (χ1) is 8.13. The third-order valence-corrected chi connectivity index (χ3v) is 1.81. The van der Waals surface area contributed by atoms with Crippen molar-refractivity contribution in [3.05, 3.63) is 35.6 Å². The highest BCUT2D eigenvalue weighted by atomic mass is 19.1. The lowest BCUT2D eigenvalue weighted by Crippen LogP contribution is -2.11. The van der Waals surface area contributed by atoms with E-state index in [4.69, 9.17) is 9.47 Å². The van der Waals surface area contributed by atoms with Crippen LogP contribution in [-0.2, 0) is 9.47 Å². The van der Waals surface area contributed by atoms with Crippen LogP contribution in [-0.4, -0.2) is 25.8 Å². The summed E-state index contributed by atoms with van der Waals surface area (Å²) in [6.45, 7) is 7.25. The standard InChI is InChI=1S/C7H5FO.C6H14O2/c8-7-3-1-6(5-9)2-4-7;1-4-7-6(3)8-5-2/h1-5H;6H,4-5H2,1-3H3. The number of ether oxygens (including phenoxy) is 2. The minimum Gasteiger partial charge on any atom is -0.353 e. The molecular weight excluding hydrogens is 223 g/mol. The summed E-state index contributed by atoms with van der Waals surface area (Å²) in [6, 6.07) is 5.37. The van der Waals surface area contributed by atoms with Crippen molar-refractivity contribution in [2.75, 3.05) is 13.2 Å². The SMILES string of the molecule is CCOC(C)OCC.O=Cc1ccc(F)cc1.